The van der Waals surface area contributed by atoms with E-state index in [9.17, 15) is 9.59 Å². The molecule has 0 aliphatic heterocycles. The molecule has 0 spiro atoms. The number of fused-ring (bicyclic) bond motifs is 1. The first-order valence-electron chi connectivity index (χ1n) is 4.08. The third-order valence-corrected chi connectivity index (χ3v) is 1.92. The summed E-state index contributed by atoms with van der Waals surface area (Å²) in [6.45, 7) is 1.45. The zero-order valence-corrected chi connectivity index (χ0v) is 7.48. The van der Waals surface area contributed by atoms with Crippen LogP contribution in [-0.4, -0.2) is 17.1 Å². The first kappa shape index (κ1) is 8.62. The zero-order chi connectivity index (χ0) is 10.1. The van der Waals surface area contributed by atoms with E-state index in [1.54, 1.807) is 18.2 Å². The summed E-state index contributed by atoms with van der Waals surface area (Å²) in [6.07, 6.45) is 0.518. The summed E-state index contributed by atoms with van der Waals surface area (Å²) >= 11 is 0. The summed E-state index contributed by atoms with van der Waals surface area (Å²) in [4.78, 5) is 25.5. The smallest absolute Gasteiger partial charge is 0.260 e. The van der Waals surface area contributed by atoms with Gasteiger partial charge >= 0.3 is 0 Å². The van der Waals surface area contributed by atoms with Crippen molar-refractivity contribution in [2.45, 2.75) is 6.92 Å². The SMILES string of the molecule is CC(=O)c1cccc2oc(C=O)nc12. The minimum absolute atomic E-state index is 0.00583. The molecule has 0 N–H and O–H groups in total. The Morgan fingerprint density at radius 3 is 2.93 bits per heavy atom. The number of para-hydroxylation sites is 1. The van der Waals surface area contributed by atoms with Gasteiger partial charge in [0.25, 0.3) is 5.89 Å². The van der Waals surface area contributed by atoms with Crippen LogP contribution < -0.4 is 0 Å². The van der Waals surface area contributed by atoms with Crippen molar-refractivity contribution in [3.05, 3.63) is 29.7 Å². The van der Waals surface area contributed by atoms with Gasteiger partial charge in [0.15, 0.2) is 11.4 Å². The van der Waals surface area contributed by atoms with Crippen LogP contribution in [0.3, 0.4) is 0 Å². The molecule has 1 aromatic carbocycles. The van der Waals surface area contributed by atoms with Crippen molar-refractivity contribution in [2.24, 2.45) is 0 Å². The Balaban J connectivity index is 2.79. The molecule has 0 amide bonds. The number of aromatic nitrogens is 1. The lowest BCUT2D eigenvalue weighted by atomic mass is 10.1. The molecule has 0 radical (unpaired) electrons. The predicted octanol–water partition coefficient (Wildman–Crippen LogP) is 1.84. The largest absolute Gasteiger partial charge is 0.434 e. The Hall–Kier alpha value is -1.97. The topological polar surface area (TPSA) is 60.2 Å². The van der Waals surface area contributed by atoms with Crippen molar-refractivity contribution in [1.29, 1.82) is 0 Å². The van der Waals surface area contributed by atoms with Crippen LogP contribution in [0.4, 0.5) is 0 Å². The maximum absolute atomic E-state index is 11.2. The fourth-order valence-corrected chi connectivity index (χ4v) is 1.30. The fraction of sp³-hybridized carbons (Fsp3) is 0.100. The average Bonchev–Trinajstić information content (AvgIpc) is 2.59. The van der Waals surface area contributed by atoms with Crippen LogP contribution in [0, 0.1) is 0 Å². The molecule has 2 rings (SSSR count). The molecule has 0 aliphatic rings. The van der Waals surface area contributed by atoms with Crippen molar-refractivity contribution < 1.29 is 14.0 Å². The summed E-state index contributed by atoms with van der Waals surface area (Å²) in [6, 6.07) is 5.02. The van der Waals surface area contributed by atoms with Crippen LogP contribution in [0.2, 0.25) is 0 Å². The average molecular weight is 189 g/mol. The highest BCUT2D eigenvalue weighted by Crippen LogP contribution is 2.19. The number of hydrogen-bond donors (Lipinski definition) is 0. The molecule has 0 saturated heterocycles. The molecule has 2 aromatic rings. The molecule has 4 nitrogen and oxygen atoms in total. The maximum Gasteiger partial charge on any atom is 0.260 e. The normalized spacial score (nSPS) is 10.4. The molecular formula is C10H7NO3. The van der Waals surface area contributed by atoms with Gasteiger partial charge in [-0.25, -0.2) is 4.98 Å². The van der Waals surface area contributed by atoms with Gasteiger partial charge in [0.1, 0.15) is 5.52 Å². The summed E-state index contributed by atoms with van der Waals surface area (Å²) in [5.41, 5.74) is 1.38. The Morgan fingerprint density at radius 1 is 1.50 bits per heavy atom. The molecule has 4 heteroatoms. The van der Waals surface area contributed by atoms with Crippen molar-refractivity contribution in [1.82, 2.24) is 4.98 Å². The van der Waals surface area contributed by atoms with E-state index in [0.29, 0.717) is 22.9 Å². The molecule has 0 bridgehead atoms. The third-order valence-electron chi connectivity index (χ3n) is 1.92. The van der Waals surface area contributed by atoms with Gasteiger partial charge < -0.3 is 4.42 Å². The molecule has 1 heterocycles. The lowest BCUT2D eigenvalue weighted by Gasteiger charge is -1.93. The van der Waals surface area contributed by atoms with Crippen molar-refractivity contribution in [3.63, 3.8) is 0 Å². The second-order valence-electron chi connectivity index (χ2n) is 2.88. The van der Waals surface area contributed by atoms with Crippen molar-refractivity contribution in [3.8, 4) is 0 Å². The van der Waals surface area contributed by atoms with Crippen LogP contribution in [0.25, 0.3) is 11.1 Å². The molecule has 70 valence electrons. The van der Waals surface area contributed by atoms with Gasteiger partial charge in [-0.1, -0.05) is 6.07 Å². The molecule has 0 aliphatic carbocycles. The quantitative estimate of drug-likeness (QED) is 0.534. The Labute approximate surface area is 79.5 Å². The monoisotopic (exact) mass is 189 g/mol. The van der Waals surface area contributed by atoms with Gasteiger partial charge in [0.05, 0.1) is 0 Å². The van der Waals surface area contributed by atoms with E-state index in [2.05, 4.69) is 4.98 Å². The number of aldehydes is 1. The lowest BCUT2D eigenvalue weighted by molar-refractivity contribution is 0.101. The number of hydrogen-bond acceptors (Lipinski definition) is 4. The fourth-order valence-electron chi connectivity index (χ4n) is 1.30. The second kappa shape index (κ2) is 3.06. The van der Waals surface area contributed by atoms with Gasteiger partial charge in [-0.15, -0.1) is 0 Å². The minimum Gasteiger partial charge on any atom is -0.434 e. The first-order valence-corrected chi connectivity index (χ1v) is 4.08. The van der Waals surface area contributed by atoms with E-state index >= 15 is 0 Å². The number of nitrogens with zero attached hydrogens (tertiary/aromatic N) is 1. The van der Waals surface area contributed by atoms with Gasteiger partial charge in [0, 0.05) is 5.56 Å². The summed E-state index contributed by atoms with van der Waals surface area (Å²) in [7, 11) is 0. The second-order valence-corrected chi connectivity index (χ2v) is 2.88. The predicted molar refractivity (Wildman–Crippen MR) is 49.4 cm³/mol. The van der Waals surface area contributed by atoms with Crippen molar-refractivity contribution in [2.75, 3.05) is 0 Å². The van der Waals surface area contributed by atoms with E-state index < -0.39 is 0 Å². The molecule has 0 fully saturated rings. The summed E-state index contributed by atoms with van der Waals surface area (Å²) in [5, 5.41) is 0. The standard InChI is InChI=1S/C10H7NO3/c1-6(13)7-3-2-4-8-10(7)11-9(5-12)14-8/h2-5H,1H3. The zero-order valence-electron chi connectivity index (χ0n) is 7.48. The summed E-state index contributed by atoms with van der Waals surface area (Å²) in [5.74, 6) is -0.102. The number of Topliss-reactive ketones (excluding diaryl/α,β-unsaturated/α-hetero) is 1. The highest BCUT2D eigenvalue weighted by molar-refractivity contribution is 6.04. The van der Waals surface area contributed by atoms with Gasteiger partial charge in [-0.2, -0.15) is 0 Å². The number of ketones is 1. The van der Waals surface area contributed by atoms with E-state index in [-0.39, 0.29) is 11.7 Å². The minimum atomic E-state index is -0.0960. The lowest BCUT2D eigenvalue weighted by Crippen LogP contribution is -1.92. The molecule has 0 atom stereocenters. The van der Waals surface area contributed by atoms with Crippen molar-refractivity contribution >= 4 is 23.2 Å². The maximum atomic E-state index is 11.2. The van der Waals surface area contributed by atoms with Crippen LogP contribution in [0.15, 0.2) is 22.6 Å². The van der Waals surface area contributed by atoms with Crippen LogP contribution >= 0.6 is 0 Å². The van der Waals surface area contributed by atoms with Gasteiger partial charge in [-0.3, -0.25) is 9.59 Å². The number of benzene rings is 1. The third kappa shape index (κ3) is 1.21. The first-order chi connectivity index (χ1) is 6.72. The molecule has 0 saturated carbocycles. The molecule has 0 unspecified atom stereocenters. The Kier molecular flexibility index (Phi) is 1.89. The Bertz CT molecular complexity index is 513. The Morgan fingerprint density at radius 2 is 2.29 bits per heavy atom. The van der Waals surface area contributed by atoms with Crippen LogP contribution in [0.1, 0.15) is 28.0 Å². The molecule has 14 heavy (non-hydrogen) atoms. The van der Waals surface area contributed by atoms with Crippen LogP contribution in [-0.2, 0) is 0 Å². The van der Waals surface area contributed by atoms with Gasteiger partial charge in [-0.05, 0) is 19.1 Å². The van der Waals surface area contributed by atoms with E-state index in [4.69, 9.17) is 4.42 Å². The number of carbonyl (C=O) groups excluding carboxylic acids is 2. The van der Waals surface area contributed by atoms with E-state index in [1.807, 2.05) is 0 Å². The highest BCUT2D eigenvalue weighted by Gasteiger charge is 2.11. The summed E-state index contributed by atoms with van der Waals surface area (Å²) < 4.78 is 5.08. The molecular weight excluding hydrogens is 182 g/mol. The van der Waals surface area contributed by atoms with E-state index in [0.717, 1.165) is 0 Å². The van der Waals surface area contributed by atoms with E-state index in [1.165, 1.54) is 6.92 Å². The number of oxazole rings is 1. The van der Waals surface area contributed by atoms with Gasteiger partial charge in [0.2, 0.25) is 6.29 Å². The highest BCUT2D eigenvalue weighted by atomic mass is 16.4. The van der Waals surface area contributed by atoms with Crippen LogP contribution in [0.5, 0.6) is 0 Å². The molecule has 1 aromatic heterocycles. The number of rotatable bonds is 2. The number of carbonyl (C=O) groups is 2.